The van der Waals surface area contributed by atoms with Crippen LogP contribution in [0, 0.1) is 5.92 Å². The molecule has 2 nitrogen and oxygen atoms in total. The van der Waals surface area contributed by atoms with Crippen molar-refractivity contribution < 1.29 is 4.79 Å². The van der Waals surface area contributed by atoms with Crippen molar-refractivity contribution in [3.8, 4) is 0 Å². The van der Waals surface area contributed by atoms with E-state index in [4.69, 9.17) is 0 Å². The van der Waals surface area contributed by atoms with E-state index in [1.165, 1.54) is 6.08 Å². The molecule has 0 bridgehead atoms. The van der Waals surface area contributed by atoms with Crippen LogP contribution in [0.5, 0.6) is 0 Å². The lowest BCUT2D eigenvalue weighted by atomic mass is 10.2. The lowest BCUT2D eigenvalue weighted by Gasteiger charge is -2.15. The van der Waals surface area contributed by atoms with Crippen molar-refractivity contribution in [3.05, 3.63) is 12.7 Å². The molecule has 0 heterocycles. The molecular formula is C7H14NOP. The van der Waals surface area contributed by atoms with E-state index >= 15 is 0 Å². The summed E-state index contributed by atoms with van der Waals surface area (Å²) in [6, 6.07) is 0. The molecule has 0 aliphatic carbocycles. The van der Waals surface area contributed by atoms with Gasteiger partial charge >= 0.3 is 0 Å². The molecule has 0 aromatic heterocycles. The normalized spacial score (nSPS) is 12.8. The summed E-state index contributed by atoms with van der Waals surface area (Å²) in [7, 11) is 2.57. The minimum Gasteiger partial charge on any atom is -0.346 e. The van der Waals surface area contributed by atoms with Gasteiger partial charge in [0, 0.05) is 5.78 Å². The van der Waals surface area contributed by atoms with E-state index in [0.29, 0.717) is 5.92 Å². The molecule has 3 heteroatoms. The minimum atomic E-state index is -0.117. The van der Waals surface area contributed by atoms with E-state index < -0.39 is 0 Å². The van der Waals surface area contributed by atoms with Crippen molar-refractivity contribution >= 4 is 15.1 Å². The Morgan fingerprint density at radius 3 is 2.50 bits per heavy atom. The Kier molecular flexibility index (Phi) is 4.29. The van der Waals surface area contributed by atoms with Gasteiger partial charge in [0.2, 0.25) is 5.91 Å². The third-order valence-electron chi connectivity index (χ3n) is 1.21. The number of hydrogen-bond donors (Lipinski definition) is 1. The molecule has 0 spiro atoms. The molecule has 10 heavy (non-hydrogen) atoms. The van der Waals surface area contributed by atoms with Crippen molar-refractivity contribution in [1.82, 2.24) is 5.32 Å². The first-order valence-electron chi connectivity index (χ1n) is 3.26. The monoisotopic (exact) mass is 159 g/mol. The molecule has 0 fully saturated rings. The van der Waals surface area contributed by atoms with E-state index in [0.717, 1.165) is 0 Å². The number of nitrogens with one attached hydrogen (secondary N) is 1. The maximum atomic E-state index is 10.7. The maximum absolute atomic E-state index is 10.7. The van der Waals surface area contributed by atoms with Crippen LogP contribution in [-0.4, -0.2) is 11.7 Å². The molecule has 0 aliphatic heterocycles. The Bertz CT molecular complexity index is 134. The number of carbonyl (C=O) groups excluding carboxylic acids is 1. The van der Waals surface area contributed by atoms with Crippen LogP contribution in [0.3, 0.4) is 0 Å². The van der Waals surface area contributed by atoms with Gasteiger partial charge in [-0.2, -0.15) is 0 Å². The Hall–Kier alpha value is -0.360. The third kappa shape index (κ3) is 3.62. The third-order valence-corrected chi connectivity index (χ3v) is 2.15. The predicted octanol–water partition coefficient (Wildman–Crippen LogP) is 1.15. The zero-order chi connectivity index (χ0) is 8.15. The molecule has 2 unspecified atom stereocenters. The Labute approximate surface area is 64.3 Å². The van der Waals surface area contributed by atoms with Crippen LogP contribution >= 0.6 is 9.24 Å². The first kappa shape index (κ1) is 9.64. The SMILES string of the molecule is C=CC(=O)NC(P)C(C)C. The first-order valence-corrected chi connectivity index (χ1v) is 3.93. The largest absolute Gasteiger partial charge is 0.346 e. The molecule has 0 aliphatic rings. The topological polar surface area (TPSA) is 29.1 Å². The fourth-order valence-corrected chi connectivity index (χ4v) is 0.554. The van der Waals surface area contributed by atoms with Gasteiger partial charge in [-0.1, -0.05) is 20.4 Å². The molecule has 0 saturated heterocycles. The van der Waals surface area contributed by atoms with Gasteiger partial charge in [0.05, 0.1) is 0 Å². The summed E-state index contributed by atoms with van der Waals surface area (Å²) in [5, 5.41) is 2.73. The number of hydrogen-bond acceptors (Lipinski definition) is 1. The number of amides is 1. The first-order chi connectivity index (χ1) is 4.57. The highest BCUT2D eigenvalue weighted by Crippen LogP contribution is 2.07. The highest BCUT2D eigenvalue weighted by atomic mass is 31.0. The molecule has 58 valence electrons. The van der Waals surface area contributed by atoms with Crippen LogP contribution in [0.15, 0.2) is 12.7 Å². The van der Waals surface area contributed by atoms with Gasteiger partial charge < -0.3 is 5.32 Å². The van der Waals surface area contributed by atoms with Gasteiger partial charge in [0.25, 0.3) is 0 Å². The molecule has 0 aromatic carbocycles. The average Bonchev–Trinajstić information content (AvgIpc) is 1.87. The van der Waals surface area contributed by atoms with Crippen LogP contribution in [0.2, 0.25) is 0 Å². The molecule has 0 radical (unpaired) electrons. The van der Waals surface area contributed by atoms with Crippen LogP contribution in [0.25, 0.3) is 0 Å². The highest BCUT2D eigenvalue weighted by molar-refractivity contribution is 7.17. The van der Waals surface area contributed by atoms with Crippen molar-refractivity contribution in [3.63, 3.8) is 0 Å². The van der Waals surface area contributed by atoms with Gasteiger partial charge in [0.15, 0.2) is 0 Å². The van der Waals surface area contributed by atoms with Crippen molar-refractivity contribution in [2.45, 2.75) is 19.6 Å². The predicted molar refractivity (Wildman–Crippen MR) is 46.7 cm³/mol. The molecule has 0 rings (SSSR count). The minimum absolute atomic E-state index is 0.117. The van der Waals surface area contributed by atoms with Crippen LogP contribution < -0.4 is 5.32 Å². The van der Waals surface area contributed by atoms with E-state index in [1.807, 2.05) is 13.8 Å². The summed E-state index contributed by atoms with van der Waals surface area (Å²) in [6.45, 7) is 7.44. The fourth-order valence-electron chi connectivity index (χ4n) is 0.390. The molecule has 1 amide bonds. The van der Waals surface area contributed by atoms with Crippen LogP contribution in [-0.2, 0) is 4.79 Å². The van der Waals surface area contributed by atoms with Crippen LogP contribution in [0.4, 0.5) is 0 Å². The Morgan fingerprint density at radius 1 is 1.70 bits per heavy atom. The van der Waals surface area contributed by atoms with Gasteiger partial charge in [-0.05, 0) is 12.0 Å². The second-order valence-electron chi connectivity index (χ2n) is 2.48. The zero-order valence-corrected chi connectivity index (χ0v) is 7.58. The average molecular weight is 159 g/mol. The summed E-state index contributed by atoms with van der Waals surface area (Å²) in [5.41, 5.74) is 0. The summed E-state index contributed by atoms with van der Waals surface area (Å²) < 4.78 is 0. The quantitative estimate of drug-likeness (QED) is 0.485. The van der Waals surface area contributed by atoms with Gasteiger partial charge in [-0.15, -0.1) is 9.24 Å². The lowest BCUT2D eigenvalue weighted by Crippen LogP contribution is -2.32. The molecule has 1 N–H and O–H groups in total. The van der Waals surface area contributed by atoms with Crippen molar-refractivity contribution in [2.24, 2.45) is 5.92 Å². The molecule has 2 atom stereocenters. The van der Waals surface area contributed by atoms with E-state index in [9.17, 15) is 4.79 Å². The molecule has 0 aromatic rings. The second kappa shape index (κ2) is 4.45. The Morgan fingerprint density at radius 2 is 2.20 bits per heavy atom. The highest BCUT2D eigenvalue weighted by Gasteiger charge is 2.07. The number of carbonyl (C=O) groups is 1. The maximum Gasteiger partial charge on any atom is 0.243 e. The van der Waals surface area contributed by atoms with Crippen molar-refractivity contribution in [2.75, 3.05) is 0 Å². The summed E-state index contributed by atoms with van der Waals surface area (Å²) in [5.74, 6) is 0.466. The molecule has 0 saturated carbocycles. The standard InChI is InChI=1S/C7H14NOP/c1-4-6(9)8-7(10)5(2)3/h4-5,7H,1,10H2,2-3H3,(H,8,9). The lowest BCUT2D eigenvalue weighted by molar-refractivity contribution is -0.116. The summed E-state index contributed by atoms with van der Waals surface area (Å²) in [4.78, 5) is 10.7. The van der Waals surface area contributed by atoms with Gasteiger partial charge in [0.1, 0.15) is 0 Å². The molecular weight excluding hydrogens is 145 g/mol. The summed E-state index contributed by atoms with van der Waals surface area (Å²) in [6.07, 6.45) is 1.28. The van der Waals surface area contributed by atoms with E-state index in [-0.39, 0.29) is 11.7 Å². The van der Waals surface area contributed by atoms with E-state index in [1.54, 1.807) is 0 Å². The van der Waals surface area contributed by atoms with E-state index in [2.05, 4.69) is 21.1 Å². The van der Waals surface area contributed by atoms with Gasteiger partial charge in [-0.25, -0.2) is 0 Å². The smallest absolute Gasteiger partial charge is 0.243 e. The second-order valence-corrected chi connectivity index (χ2v) is 3.20. The van der Waals surface area contributed by atoms with Gasteiger partial charge in [-0.3, -0.25) is 4.79 Å². The fraction of sp³-hybridized carbons (Fsp3) is 0.571. The summed E-state index contributed by atoms with van der Waals surface area (Å²) >= 11 is 0. The zero-order valence-electron chi connectivity index (χ0n) is 6.42. The van der Waals surface area contributed by atoms with Crippen LogP contribution in [0.1, 0.15) is 13.8 Å². The Balaban J connectivity index is 3.67. The van der Waals surface area contributed by atoms with Crippen molar-refractivity contribution in [1.29, 1.82) is 0 Å². The number of rotatable bonds is 3.